The fourth-order valence-electron chi connectivity index (χ4n) is 2.15. The number of amides is 1. The Labute approximate surface area is 116 Å². The largest absolute Gasteiger partial charge is 0.482 e. The molecule has 3 rings (SSSR count). The first-order valence-corrected chi connectivity index (χ1v) is 6.52. The molecule has 1 amide bonds. The van der Waals surface area contributed by atoms with Crippen LogP contribution in [0.4, 0.5) is 5.69 Å². The van der Waals surface area contributed by atoms with Gasteiger partial charge in [-0.05, 0) is 36.8 Å². The Balaban J connectivity index is 1.60. The molecule has 1 aromatic carbocycles. The predicted molar refractivity (Wildman–Crippen MR) is 74.6 cm³/mol. The van der Waals surface area contributed by atoms with E-state index in [4.69, 9.17) is 9.15 Å². The Kier molecular flexibility index (Phi) is 3.43. The maximum atomic E-state index is 11.3. The number of rotatable bonds is 4. The van der Waals surface area contributed by atoms with Gasteiger partial charge in [0.15, 0.2) is 6.61 Å². The Morgan fingerprint density at radius 1 is 1.25 bits per heavy atom. The van der Waals surface area contributed by atoms with Crippen molar-refractivity contribution < 1.29 is 13.9 Å². The Morgan fingerprint density at radius 2 is 2.15 bits per heavy atom. The van der Waals surface area contributed by atoms with Gasteiger partial charge in [-0.1, -0.05) is 6.07 Å². The lowest BCUT2D eigenvalue weighted by Gasteiger charge is -2.18. The molecule has 1 aromatic heterocycles. The van der Waals surface area contributed by atoms with Crippen molar-refractivity contribution in [2.75, 3.05) is 11.9 Å². The second-order valence-corrected chi connectivity index (χ2v) is 4.78. The number of fused-ring (bicyclic) bond motifs is 1. The molecule has 0 radical (unpaired) electrons. The highest BCUT2D eigenvalue weighted by Crippen LogP contribution is 2.28. The van der Waals surface area contributed by atoms with Crippen molar-refractivity contribution in [1.29, 1.82) is 0 Å². The molecular formula is C15H16N2O3. The smallest absolute Gasteiger partial charge is 0.262 e. The average Bonchev–Trinajstić information content (AvgIpc) is 2.84. The summed E-state index contributed by atoms with van der Waals surface area (Å²) >= 11 is 0. The first kappa shape index (κ1) is 12.7. The topological polar surface area (TPSA) is 63.5 Å². The van der Waals surface area contributed by atoms with Crippen LogP contribution in [0.15, 0.2) is 34.7 Å². The molecule has 1 aliphatic rings. The summed E-state index contributed by atoms with van der Waals surface area (Å²) in [4.78, 5) is 11.3. The van der Waals surface area contributed by atoms with Gasteiger partial charge in [-0.3, -0.25) is 4.79 Å². The van der Waals surface area contributed by atoms with Crippen molar-refractivity contribution in [3.63, 3.8) is 0 Å². The van der Waals surface area contributed by atoms with Crippen LogP contribution in [-0.4, -0.2) is 12.5 Å². The third kappa shape index (κ3) is 2.83. The van der Waals surface area contributed by atoms with Crippen molar-refractivity contribution in [1.82, 2.24) is 5.32 Å². The normalized spacial score (nSPS) is 13.6. The van der Waals surface area contributed by atoms with E-state index in [2.05, 4.69) is 10.6 Å². The van der Waals surface area contributed by atoms with Crippen LogP contribution in [0.1, 0.15) is 17.1 Å². The number of furan rings is 1. The molecule has 20 heavy (non-hydrogen) atoms. The van der Waals surface area contributed by atoms with Crippen LogP contribution in [0.3, 0.4) is 0 Å². The zero-order chi connectivity index (χ0) is 13.9. The highest BCUT2D eigenvalue weighted by atomic mass is 16.5. The van der Waals surface area contributed by atoms with E-state index >= 15 is 0 Å². The number of carbonyl (C=O) groups excluding carboxylic acids is 1. The summed E-state index contributed by atoms with van der Waals surface area (Å²) in [6, 6.07) is 9.69. The zero-order valence-electron chi connectivity index (χ0n) is 11.2. The number of carbonyl (C=O) groups is 1. The van der Waals surface area contributed by atoms with Crippen LogP contribution in [0.2, 0.25) is 0 Å². The predicted octanol–water partition coefficient (Wildman–Crippen LogP) is 2.21. The molecule has 2 N–H and O–H groups in total. The maximum Gasteiger partial charge on any atom is 0.262 e. The molecule has 5 heteroatoms. The molecule has 1 aliphatic heterocycles. The summed E-state index contributed by atoms with van der Waals surface area (Å²) in [7, 11) is 0. The van der Waals surface area contributed by atoms with Gasteiger partial charge in [-0.15, -0.1) is 0 Å². The lowest BCUT2D eigenvalue weighted by molar-refractivity contribution is -0.118. The number of aryl methyl sites for hydroxylation is 1. The summed E-state index contributed by atoms with van der Waals surface area (Å²) in [5, 5.41) is 6.10. The van der Waals surface area contributed by atoms with Gasteiger partial charge in [0.2, 0.25) is 0 Å². The Hall–Kier alpha value is -2.27. The number of ether oxygens (including phenoxy) is 1. The molecular weight excluding hydrogens is 256 g/mol. The molecule has 0 bridgehead atoms. The van der Waals surface area contributed by atoms with E-state index in [1.807, 2.05) is 37.3 Å². The minimum Gasteiger partial charge on any atom is -0.482 e. The van der Waals surface area contributed by atoms with E-state index in [0.717, 1.165) is 28.5 Å². The molecule has 0 atom stereocenters. The van der Waals surface area contributed by atoms with Crippen LogP contribution < -0.4 is 15.4 Å². The van der Waals surface area contributed by atoms with Gasteiger partial charge in [0.1, 0.15) is 17.3 Å². The number of benzene rings is 1. The minimum absolute atomic E-state index is 0.0858. The molecule has 2 aromatic rings. The Bertz CT molecular complexity index is 634. The van der Waals surface area contributed by atoms with E-state index in [9.17, 15) is 4.79 Å². The second-order valence-electron chi connectivity index (χ2n) is 4.78. The lowest BCUT2D eigenvalue weighted by atomic mass is 10.1. The van der Waals surface area contributed by atoms with Crippen LogP contribution in [-0.2, 0) is 17.9 Å². The zero-order valence-corrected chi connectivity index (χ0v) is 11.2. The van der Waals surface area contributed by atoms with E-state index in [1.165, 1.54) is 0 Å². The SMILES string of the molecule is Cc1ccc(CNCc2ccc3c(c2)NC(=O)CO3)o1. The van der Waals surface area contributed by atoms with Gasteiger partial charge >= 0.3 is 0 Å². The first-order valence-electron chi connectivity index (χ1n) is 6.52. The number of hydrogen-bond donors (Lipinski definition) is 2. The second kappa shape index (κ2) is 5.38. The van der Waals surface area contributed by atoms with Gasteiger partial charge < -0.3 is 19.8 Å². The highest BCUT2D eigenvalue weighted by Gasteiger charge is 2.15. The Morgan fingerprint density at radius 3 is 2.95 bits per heavy atom. The van der Waals surface area contributed by atoms with Crippen molar-refractivity contribution in [2.24, 2.45) is 0 Å². The van der Waals surface area contributed by atoms with Gasteiger partial charge in [-0.25, -0.2) is 0 Å². The monoisotopic (exact) mass is 272 g/mol. The number of anilines is 1. The molecule has 0 saturated carbocycles. The molecule has 104 valence electrons. The van der Waals surface area contributed by atoms with Crippen LogP contribution in [0.25, 0.3) is 0 Å². The summed E-state index contributed by atoms with van der Waals surface area (Å²) in [6.07, 6.45) is 0. The summed E-state index contributed by atoms with van der Waals surface area (Å²) < 4.78 is 10.8. The lowest BCUT2D eigenvalue weighted by Crippen LogP contribution is -2.25. The van der Waals surface area contributed by atoms with Crippen molar-refractivity contribution in [3.8, 4) is 5.75 Å². The molecule has 0 fully saturated rings. The van der Waals surface area contributed by atoms with E-state index in [0.29, 0.717) is 13.1 Å². The van der Waals surface area contributed by atoms with Crippen molar-refractivity contribution in [3.05, 3.63) is 47.4 Å². The fraction of sp³-hybridized carbons (Fsp3) is 0.267. The molecule has 0 unspecified atom stereocenters. The van der Waals surface area contributed by atoms with Gasteiger partial charge in [0.25, 0.3) is 5.91 Å². The third-order valence-corrected chi connectivity index (χ3v) is 3.10. The third-order valence-electron chi connectivity index (χ3n) is 3.10. The van der Waals surface area contributed by atoms with Crippen molar-refractivity contribution >= 4 is 11.6 Å². The van der Waals surface area contributed by atoms with Crippen LogP contribution in [0, 0.1) is 6.92 Å². The number of nitrogens with one attached hydrogen (secondary N) is 2. The average molecular weight is 272 g/mol. The summed E-state index contributed by atoms with van der Waals surface area (Å²) in [6.45, 7) is 3.38. The highest BCUT2D eigenvalue weighted by molar-refractivity contribution is 5.95. The first-order chi connectivity index (χ1) is 9.70. The molecule has 2 heterocycles. The van der Waals surface area contributed by atoms with Crippen molar-refractivity contribution in [2.45, 2.75) is 20.0 Å². The van der Waals surface area contributed by atoms with Gasteiger partial charge in [0.05, 0.1) is 12.2 Å². The van der Waals surface area contributed by atoms with Crippen LogP contribution >= 0.6 is 0 Å². The molecule has 0 aliphatic carbocycles. The van der Waals surface area contributed by atoms with Crippen LogP contribution in [0.5, 0.6) is 5.75 Å². The molecule has 5 nitrogen and oxygen atoms in total. The quantitative estimate of drug-likeness (QED) is 0.895. The molecule has 0 spiro atoms. The van der Waals surface area contributed by atoms with E-state index < -0.39 is 0 Å². The maximum absolute atomic E-state index is 11.3. The van der Waals surface area contributed by atoms with Gasteiger partial charge in [0, 0.05) is 6.54 Å². The summed E-state index contributed by atoms with van der Waals surface area (Å²) in [5.74, 6) is 2.43. The number of hydrogen-bond acceptors (Lipinski definition) is 4. The van der Waals surface area contributed by atoms with Gasteiger partial charge in [-0.2, -0.15) is 0 Å². The summed E-state index contributed by atoms with van der Waals surface area (Å²) in [5.41, 5.74) is 1.81. The standard InChI is InChI=1S/C15H16N2O3/c1-10-2-4-12(20-10)8-16-7-11-3-5-14-13(6-11)17-15(18)9-19-14/h2-6,16H,7-9H2,1H3,(H,17,18). The fourth-order valence-corrected chi connectivity index (χ4v) is 2.15. The minimum atomic E-state index is -0.117. The van der Waals surface area contributed by atoms with E-state index in [1.54, 1.807) is 0 Å². The molecule has 0 saturated heterocycles. The van der Waals surface area contributed by atoms with E-state index in [-0.39, 0.29) is 12.5 Å².